The van der Waals surface area contributed by atoms with Gasteiger partial charge in [0.25, 0.3) is 5.91 Å². The van der Waals surface area contributed by atoms with E-state index in [9.17, 15) is 4.79 Å². The van der Waals surface area contributed by atoms with Gasteiger partial charge < -0.3 is 15.2 Å². The van der Waals surface area contributed by atoms with Gasteiger partial charge in [-0.3, -0.25) is 4.79 Å². The molecule has 0 saturated carbocycles. The fraction of sp³-hybridized carbons (Fsp3) is 0.167. The molecule has 0 aliphatic carbocycles. The zero-order chi connectivity index (χ0) is 18.5. The highest BCUT2D eigenvalue weighted by Gasteiger charge is 2.20. The quantitative estimate of drug-likeness (QED) is 0.614. The Balaban J connectivity index is 1.95. The highest BCUT2D eigenvalue weighted by atomic mass is 79.9. The predicted molar refractivity (Wildman–Crippen MR) is 100.0 cm³/mol. The summed E-state index contributed by atoms with van der Waals surface area (Å²) < 4.78 is 12.3. The average molecular weight is 417 g/mol. The first kappa shape index (κ1) is 17.9. The van der Waals surface area contributed by atoms with E-state index in [1.54, 1.807) is 12.1 Å². The van der Waals surface area contributed by atoms with Gasteiger partial charge in [-0.1, -0.05) is 30.3 Å². The van der Waals surface area contributed by atoms with Crippen molar-refractivity contribution in [3.05, 3.63) is 58.2 Å². The normalized spacial score (nSPS) is 10.5. The van der Waals surface area contributed by atoms with Gasteiger partial charge in [-0.2, -0.15) is 15.4 Å². The Hall–Kier alpha value is -2.87. The molecular formula is C18H17BrN4O3. The Bertz CT molecular complexity index is 912. The van der Waals surface area contributed by atoms with Crippen molar-refractivity contribution in [3.8, 4) is 22.8 Å². The van der Waals surface area contributed by atoms with Crippen LogP contribution in [0.25, 0.3) is 11.3 Å². The van der Waals surface area contributed by atoms with Gasteiger partial charge in [0.05, 0.1) is 6.61 Å². The van der Waals surface area contributed by atoms with Gasteiger partial charge in [-0.25, -0.2) is 0 Å². The Labute approximate surface area is 158 Å². The first-order valence-electron chi connectivity index (χ1n) is 7.94. The summed E-state index contributed by atoms with van der Waals surface area (Å²) in [5.41, 5.74) is 7.43. The van der Waals surface area contributed by atoms with E-state index in [0.717, 1.165) is 5.56 Å². The molecule has 3 rings (SSSR count). The molecule has 0 radical (unpaired) electrons. The number of benzene rings is 2. The number of ether oxygens (including phenoxy) is 2. The van der Waals surface area contributed by atoms with Crippen molar-refractivity contribution in [2.75, 3.05) is 6.61 Å². The van der Waals surface area contributed by atoms with E-state index in [4.69, 9.17) is 15.2 Å². The molecule has 0 atom stereocenters. The molecule has 0 bridgehead atoms. The van der Waals surface area contributed by atoms with Crippen LogP contribution in [0.5, 0.6) is 11.5 Å². The summed E-state index contributed by atoms with van der Waals surface area (Å²) in [7, 11) is 0. The number of carbonyl (C=O) groups is 1. The van der Waals surface area contributed by atoms with Crippen LogP contribution < -0.4 is 15.2 Å². The first-order valence-corrected chi connectivity index (χ1v) is 8.73. The minimum Gasteiger partial charge on any atom is -0.490 e. The molecule has 26 heavy (non-hydrogen) atoms. The Morgan fingerprint density at radius 2 is 1.88 bits per heavy atom. The van der Waals surface area contributed by atoms with E-state index in [-0.39, 0.29) is 5.69 Å². The zero-order valence-electron chi connectivity index (χ0n) is 14.0. The molecule has 3 N–H and O–H groups in total. The molecule has 0 unspecified atom stereocenters. The number of halogens is 1. The molecule has 7 nitrogen and oxygen atoms in total. The number of hydrogen-bond donors (Lipinski definition) is 2. The number of rotatable bonds is 7. The highest BCUT2D eigenvalue weighted by Crippen LogP contribution is 2.39. The molecule has 3 aromatic rings. The number of nitrogens with one attached hydrogen (secondary N) is 1. The van der Waals surface area contributed by atoms with Gasteiger partial charge in [-0.15, -0.1) is 0 Å². The van der Waals surface area contributed by atoms with Gasteiger partial charge in [0, 0.05) is 10.0 Å². The summed E-state index contributed by atoms with van der Waals surface area (Å²) in [5.74, 6) is 0.457. The van der Waals surface area contributed by atoms with Crippen molar-refractivity contribution in [3.63, 3.8) is 0 Å². The lowest BCUT2D eigenvalue weighted by Gasteiger charge is -2.14. The molecular weight excluding hydrogens is 400 g/mol. The number of nitrogens with zero attached hydrogens (tertiary/aromatic N) is 2. The fourth-order valence-electron chi connectivity index (χ4n) is 2.42. The van der Waals surface area contributed by atoms with Crippen LogP contribution in [-0.2, 0) is 6.61 Å². The summed E-state index contributed by atoms with van der Waals surface area (Å²) in [6.07, 6.45) is 0. The van der Waals surface area contributed by atoms with Crippen molar-refractivity contribution in [1.29, 1.82) is 0 Å². The molecule has 0 fully saturated rings. The van der Waals surface area contributed by atoms with Crippen molar-refractivity contribution in [2.24, 2.45) is 5.73 Å². The summed E-state index contributed by atoms with van der Waals surface area (Å²) in [6.45, 7) is 2.75. The SMILES string of the molecule is CCOc1cc(-c2n[nH]nc2C(N)=O)c(Br)cc1OCc1ccccc1. The molecule has 134 valence electrons. The topological polar surface area (TPSA) is 103 Å². The second-order valence-corrected chi connectivity index (χ2v) is 6.23. The molecule has 8 heteroatoms. The third-order valence-corrected chi connectivity index (χ3v) is 4.26. The molecule has 0 saturated heterocycles. The number of aromatic nitrogens is 3. The number of H-pyrrole nitrogens is 1. The molecule has 2 aromatic carbocycles. The maximum absolute atomic E-state index is 11.5. The van der Waals surface area contributed by atoms with E-state index in [1.807, 2.05) is 37.3 Å². The van der Waals surface area contributed by atoms with Crippen LogP contribution in [0.3, 0.4) is 0 Å². The molecule has 0 spiro atoms. The lowest BCUT2D eigenvalue weighted by atomic mass is 10.1. The number of aromatic amines is 1. The highest BCUT2D eigenvalue weighted by molar-refractivity contribution is 9.10. The van der Waals surface area contributed by atoms with Crippen LogP contribution in [0.2, 0.25) is 0 Å². The second-order valence-electron chi connectivity index (χ2n) is 5.37. The average Bonchev–Trinajstić information content (AvgIpc) is 3.12. The fourth-order valence-corrected chi connectivity index (χ4v) is 2.93. The van der Waals surface area contributed by atoms with E-state index in [0.29, 0.717) is 40.4 Å². The molecule has 1 heterocycles. The predicted octanol–water partition coefficient (Wildman–Crippen LogP) is 3.31. The minimum atomic E-state index is -0.664. The van der Waals surface area contributed by atoms with Crippen LogP contribution in [0.1, 0.15) is 23.0 Å². The molecule has 1 amide bonds. The number of hydrogen-bond acceptors (Lipinski definition) is 5. The molecule has 1 aromatic heterocycles. The van der Waals surface area contributed by atoms with Crippen molar-refractivity contribution in [1.82, 2.24) is 15.4 Å². The zero-order valence-corrected chi connectivity index (χ0v) is 15.6. The third-order valence-electron chi connectivity index (χ3n) is 3.61. The second kappa shape index (κ2) is 8.01. The Morgan fingerprint density at radius 1 is 1.15 bits per heavy atom. The van der Waals surface area contributed by atoms with Crippen LogP contribution in [-0.4, -0.2) is 27.9 Å². The molecule has 0 aliphatic heterocycles. The van der Waals surface area contributed by atoms with Gasteiger partial charge >= 0.3 is 0 Å². The lowest BCUT2D eigenvalue weighted by Crippen LogP contribution is -2.13. The summed E-state index contributed by atoms with van der Waals surface area (Å²) in [6, 6.07) is 13.4. The number of primary amides is 1. The van der Waals surface area contributed by atoms with Crippen molar-refractivity contribution < 1.29 is 14.3 Å². The van der Waals surface area contributed by atoms with Crippen LogP contribution in [0.15, 0.2) is 46.9 Å². The minimum absolute atomic E-state index is 0.0612. The van der Waals surface area contributed by atoms with E-state index >= 15 is 0 Å². The Kier molecular flexibility index (Phi) is 5.52. The van der Waals surface area contributed by atoms with Gasteiger partial charge in [0.1, 0.15) is 12.3 Å². The van der Waals surface area contributed by atoms with Crippen LogP contribution >= 0.6 is 15.9 Å². The number of carbonyl (C=O) groups excluding carboxylic acids is 1. The third kappa shape index (κ3) is 3.85. The van der Waals surface area contributed by atoms with Crippen molar-refractivity contribution in [2.45, 2.75) is 13.5 Å². The van der Waals surface area contributed by atoms with E-state index in [1.165, 1.54) is 0 Å². The van der Waals surface area contributed by atoms with E-state index in [2.05, 4.69) is 31.3 Å². The maximum Gasteiger partial charge on any atom is 0.271 e. The largest absolute Gasteiger partial charge is 0.490 e. The van der Waals surface area contributed by atoms with Crippen LogP contribution in [0.4, 0.5) is 0 Å². The monoisotopic (exact) mass is 416 g/mol. The van der Waals surface area contributed by atoms with Gasteiger partial charge in [0.15, 0.2) is 17.2 Å². The summed E-state index contributed by atoms with van der Waals surface area (Å²) in [5, 5.41) is 10.3. The van der Waals surface area contributed by atoms with Crippen molar-refractivity contribution >= 4 is 21.8 Å². The number of nitrogens with two attached hydrogens (primary N) is 1. The summed E-state index contributed by atoms with van der Waals surface area (Å²) in [4.78, 5) is 11.5. The summed E-state index contributed by atoms with van der Waals surface area (Å²) >= 11 is 3.49. The van der Waals surface area contributed by atoms with E-state index < -0.39 is 5.91 Å². The molecule has 0 aliphatic rings. The van der Waals surface area contributed by atoms with Gasteiger partial charge in [0.2, 0.25) is 0 Å². The van der Waals surface area contributed by atoms with Crippen LogP contribution in [0, 0.1) is 0 Å². The Morgan fingerprint density at radius 3 is 2.58 bits per heavy atom. The van der Waals surface area contributed by atoms with Gasteiger partial charge in [-0.05, 0) is 40.5 Å². The lowest BCUT2D eigenvalue weighted by molar-refractivity contribution is 0.0996. The standard InChI is InChI=1S/C18H17BrN4O3/c1-2-25-14-8-12(16-17(18(20)24)22-23-21-16)13(19)9-15(14)26-10-11-6-4-3-5-7-11/h3-9H,2,10H2,1H3,(H2,20,24)(H,21,22,23). The maximum atomic E-state index is 11.5. The number of amides is 1. The first-order chi connectivity index (χ1) is 12.6. The smallest absolute Gasteiger partial charge is 0.271 e.